The fraction of sp³-hybridized carbons (Fsp3) is 0.625. The van der Waals surface area contributed by atoms with E-state index in [1.807, 2.05) is 0 Å². The van der Waals surface area contributed by atoms with E-state index in [1.165, 1.54) is 0 Å². The van der Waals surface area contributed by atoms with Crippen LogP contribution < -0.4 is 5.73 Å². The molecule has 0 radical (unpaired) electrons. The van der Waals surface area contributed by atoms with E-state index in [0.29, 0.717) is 17.0 Å². The molecule has 0 saturated heterocycles. The minimum Gasteiger partial charge on any atom is -0.361 e. The Kier molecular flexibility index (Phi) is 2.98. The normalized spacial score (nSPS) is 13.7. The van der Waals surface area contributed by atoms with E-state index in [1.54, 1.807) is 13.8 Å². The largest absolute Gasteiger partial charge is 0.361 e. The van der Waals surface area contributed by atoms with Gasteiger partial charge in [-0.25, -0.2) is 8.78 Å². The zero-order valence-corrected chi connectivity index (χ0v) is 7.55. The van der Waals surface area contributed by atoms with Crippen LogP contribution in [0.4, 0.5) is 8.78 Å². The molecule has 0 saturated carbocycles. The zero-order valence-electron chi connectivity index (χ0n) is 7.55. The molecular weight excluding hydrogens is 178 g/mol. The molecule has 3 nitrogen and oxygen atoms in total. The Morgan fingerprint density at radius 3 is 2.38 bits per heavy atom. The molecule has 0 aliphatic carbocycles. The van der Waals surface area contributed by atoms with Crippen molar-refractivity contribution < 1.29 is 13.3 Å². The van der Waals surface area contributed by atoms with Crippen molar-refractivity contribution in [1.82, 2.24) is 5.16 Å². The number of aryl methyl sites for hydroxylation is 2. The first-order chi connectivity index (χ1) is 6.07. The average Bonchev–Trinajstić information content (AvgIpc) is 2.36. The fourth-order valence-corrected chi connectivity index (χ4v) is 1.37. The summed E-state index contributed by atoms with van der Waals surface area (Å²) in [6.45, 7) is 3.15. The molecule has 74 valence electrons. The number of hydrogen-bond donors (Lipinski definition) is 1. The summed E-state index contributed by atoms with van der Waals surface area (Å²) in [5.74, 6) is -0.542. The number of aromatic nitrogens is 1. The lowest BCUT2D eigenvalue weighted by molar-refractivity contribution is 0.116. The van der Waals surface area contributed by atoms with Gasteiger partial charge in [-0.3, -0.25) is 0 Å². The van der Waals surface area contributed by atoms with E-state index in [4.69, 9.17) is 10.3 Å². The lowest BCUT2D eigenvalue weighted by atomic mass is 9.98. The van der Waals surface area contributed by atoms with E-state index < -0.39 is 12.3 Å². The van der Waals surface area contributed by atoms with Gasteiger partial charge in [0, 0.05) is 12.1 Å². The number of alkyl halides is 2. The summed E-state index contributed by atoms with van der Waals surface area (Å²) in [5.41, 5.74) is 6.19. The molecule has 1 heterocycles. The molecule has 0 aliphatic heterocycles. The molecule has 1 aromatic heterocycles. The number of nitrogens with zero attached hydrogens (tertiary/aromatic N) is 1. The van der Waals surface area contributed by atoms with Crippen LogP contribution in [0, 0.1) is 13.8 Å². The second-order valence-corrected chi connectivity index (χ2v) is 2.91. The van der Waals surface area contributed by atoms with E-state index in [2.05, 4.69) is 5.16 Å². The van der Waals surface area contributed by atoms with Crippen molar-refractivity contribution >= 4 is 0 Å². The van der Waals surface area contributed by atoms with Gasteiger partial charge in [0.05, 0.1) is 11.6 Å². The summed E-state index contributed by atoms with van der Waals surface area (Å²) in [4.78, 5) is 0. The average molecular weight is 190 g/mol. The first-order valence-corrected chi connectivity index (χ1v) is 3.99. The van der Waals surface area contributed by atoms with Crippen molar-refractivity contribution in [3.63, 3.8) is 0 Å². The molecular formula is C8H12F2N2O. The molecule has 5 heteroatoms. The van der Waals surface area contributed by atoms with Crippen molar-refractivity contribution in [2.24, 2.45) is 5.73 Å². The molecule has 0 bridgehead atoms. The predicted molar refractivity (Wildman–Crippen MR) is 43.8 cm³/mol. The maximum absolute atomic E-state index is 12.5. The van der Waals surface area contributed by atoms with E-state index >= 15 is 0 Å². The second kappa shape index (κ2) is 3.83. The highest BCUT2D eigenvalue weighted by Gasteiger charge is 2.26. The molecule has 1 unspecified atom stereocenters. The Labute approximate surface area is 74.9 Å². The molecule has 0 aliphatic rings. The number of nitrogens with two attached hydrogens (primary N) is 1. The lowest BCUT2D eigenvalue weighted by Gasteiger charge is -2.12. The van der Waals surface area contributed by atoms with Crippen LogP contribution in [-0.4, -0.2) is 18.1 Å². The maximum atomic E-state index is 12.5. The Morgan fingerprint density at radius 1 is 1.46 bits per heavy atom. The molecule has 1 atom stereocenters. The summed E-state index contributed by atoms with van der Waals surface area (Å²) in [5, 5.41) is 3.60. The van der Waals surface area contributed by atoms with Crippen molar-refractivity contribution in [3.05, 3.63) is 17.0 Å². The standard InChI is InChI=1S/C8H12F2N2O/c1-4-7(5(2)13-12-4)6(3-11)8(9)10/h6,8H,3,11H2,1-2H3. The van der Waals surface area contributed by atoms with Crippen LogP contribution >= 0.6 is 0 Å². The van der Waals surface area contributed by atoms with Crippen molar-refractivity contribution in [1.29, 1.82) is 0 Å². The van der Waals surface area contributed by atoms with Crippen LogP contribution in [0.5, 0.6) is 0 Å². The molecule has 2 N–H and O–H groups in total. The zero-order chi connectivity index (χ0) is 10.0. The van der Waals surface area contributed by atoms with Crippen LogP contribution in [0.25, 0.3) is 0 Å². The SMILES string of the molecule is Cc1noc(C)c1C(CN)C(F)F. The Morgan fingerprint density at radius 2 is 2.08 bits per heavy atom. The first kappa shape index (κ1) is 10.1. The molecule has 0 amide bonds. The third kappa shape index (κ3) is 1.85. The monoisotopic (exact) mass is 190 g/mol. The van der Waals surface area contributed by atoms with Gasteiger partial charge in [0.2, 0.25) is 6.43 Å². The first-order valence-electron chi connectivity index (χ1n) is 3.99. The minimum absolute atomic E-state index is 0.0967. The second-order valence-electron chi connectivity index (χ2n) is 2.91. The Balaban J connectivity index is 3.03. The van der Waals surface area contributed by atoms with Gasteiger partial charge in [0.15, 0.2) is 0 Å². The summed E-state index contributed by atoms with van der Waals surface area (Å²) >= 11 is 0. The quantitative estimate of drug-likeness (QED) is 0.787. The maximum Gasteiger partial charge on any atom is 0.246 e. The molecule has 1 aromatic rings. The van der Waals surface area contributed by atoms with E-state index in [0.717, 1.165) is 0 Å². The molecule has 0 spiro atoms. The highest BCUT2D eigenvalue weighted by molar-refractivity contribution is 5.26. The van der Waals surface area contributed by atoms with E-state index in [9.17, 15) is 8.78 Å². The van der Waals surface area contributed by atoms with Crippen molar-refractivity contribution in [2.75, 3.05) is 6.54 Å². The smallest absolute Gasteiger partial charge is 0.246 e. The van der Waals surface area contributed by atoms with Gasteiger partial charge in [-0.05, 0) is 13.8 Å². The van der Waals surface area contributed by atoms with Crippen LogP contribution in [0.1, 0.15) is 22.9 Å². The molecule has 0 aromatic carbocycles. The van der Waals surface area contributed by atoms with Gasteiger partial charge < -0.3 is 10.3 Å². The van der Waals surface area contributed by atoms with Gasteiger partial charge in [-0.2, -0.15) is 0 Å². The Hall–Kier alpha value is -0.970. The summed E-state index contributed by atoms with van der Waals surface area (Å²) in [6, 6.07) is 0. The third-order valence-electron chi connectivity index (χ3n) is 2.02. The van der Waals surface area contributed by atoms with Gasteiger partial charge in [-0.1, -0.05) is 5.16 Å². The van der Waals surface area contributed by atoms with Crippen molar-refractivity contribution in [2.45, 2.75) is 26.2 Å². The summed E-state index contributed by atoms with van der Waals surface area (Å²) < 4.78 is 29.7. The van der Waals surface area contributed by atoms with Gasteiger partial charge in [0.25, 0.3) is 0 Å². The van der Waals surface area contributed by atoms with Gasteiger partial charge in [-0.15, -0.1) is 0 Å². The van der Waals surface area contributed by atoms with Gasteiger partial charge in [0.1, 0.15) is 5.76 Å². The van der Waals surface area contributed by atoms with Crippen LogP contribution in [0.3, 0.4) is 0 Å². The van der Waals surface area contributed by atoms with E-state index in [-0.39, 0.29) is 6.54 Å². The molecule has 0 fully saturated rings. The number of halogens is 2. The highest BCUT2D eigenvalue weighted by atomic mass is 19.3. The summed E-state index contributed by atoms with van der Waals surface area (Å²) in [6.07, 6.45) is -2.47. The highest BCUT2D eigenvalue weighted by Crippen LogP contribution is 2.27. The minimum atomic E-state index is -2.47. The molecule has 1 rings (SSSR count). The number of hydrogen-bond acceptors (Lipinski definition) is 3. The third-order valence-corrected chi connectivity index (χ3v) is 2.02. The topological polar surface area (TPSA) is 52.0 Å². The van der Waals surface area contributed by atoms with Crippen molar-refractivity contribution in [3.8, 4) is 0 Å². The Bertz CT molecular complexity index is 266. The predicted octanol–water partition coefficient (Wildman–Crippen LogP) is 1.60. The van der Waals surface area contributed by atoms with Gasteiger partial charge >= 0.3 is 0 Å². The number of rotatable bonds is 3. The fourth-order valence-electron chi connectivity index (χ4n) is 1.37. The van der Waals surface area contributed by atoms with Crippen LogP contribution in [-0.2, 0) is 0 Å². The summed E-state index contributed by atoms with van der Waals surface area (Å²) in [7, 11) is 0. The lowest BCUT2D eigenvalue weighted by Crippen LogP contribution is -2.20. The molecule has 13 heavy (non-hydrogen) atoms. The van der Waals surface area contributed by atoms with Crippen LogP contribution in [0.15, 0.2) is 4.52 Å². The van der Waals surface area contributed by atoms with Crippen LogP contribution in [0.2, 0.25) is 0 Å².